The van der Waals surface area contributed by atoms with E-state index in [4.69, 9.17) is 25.8 Å². The van der Waals surface area contributed by atoms with Gasteiger partial charge in [-0.1, -0.05) is 29.8 Å². The Labute approximate surface area is 168 Å². The van der Waals surface area contributed by atoms with Crippen molar-refractivity contribution in [1.82, 2.24) is 0 Å². The minimum Gasteiger partial charge on any atom is -0.489 e. The van der Waals surface area contributed by atoms with Crippen molar-refractivity contribution in [3.8, 4) is 11.5 Å². The van der Waals surface area contributed by atoms with Crippen LogP contribution >= 0.6 is 11.6 Å². The molecule has 1 unspecified atom stereocenters. The lowest BCUT2D eigenvalue weighted by atomic mass is 10.1. The molecule has 1 amide bonds. The summed E-state index contributed by atoms with van der Waals surface area (Å²) in [4.78, 5) is 25.0. The van der Waals surface area contributed by atoms with Crippen LogP contribution in [0.5, 0.6) is 11.5 Å². The van der Waals surface area contributed by atoms with Gasteiger partial charge in [-0.25, -0.2) is 4.79 Å². The van der Waals surface area contributed by atoms with E-state index in [2.05, 4.69) is 5.32 Å². The fourth-order valence-electron chi connectivity index (χ4n) is 2.87. The third-order valence-corrected chi connectivity index (χ3v) is 4.70. The summed E-state index contributed by atoms with van der Waals surface area (Å²) in [6, 6.07) is 8.69. The highest BCUT2D eigenvalue weighted by Gasteiger charge is 2.23. The number of aryl methyl sites for hydroxylation is 2. The van der Waals surface area contributed by atoms with Gasteiger partial charge in [0.1, 0.15) is 0 Å². The van der Waals surface area contributed by atoms with E-state index in [0.29, 0.717) is 30.4 Å². The normalized spacial score (nSPS) is 14.0. The van der Waals surface area contributed by atoms with E-state index in [9.17, 15) is 9.59 Å². The van der Waals surface area contributed by atoms with Crippen LogP contribution in [0.3, 0.4) is 0 Å². The van der Waals surface area contributed by atoms with E-state index >= 15 is 0 Å². The molecule has 0 spiro atoms. The van der Waals surface area contributed by atoms with Crippen LogP contribution in [0.2, 0.25) is 5.02 Å². The molecule has 1 aliphatic rings. The molecule has 0 aliphatic carbocycles. The van der Waals surface area contributed by atoms with Crippen LogP contribution < -0.4 is 14.8 Å². The van der Waals surface area contributed by atoms with E-state index in [1.54, 1.807) is 0 Å². The molecule has 2 aromatic carbocycles. The molecule has 6 nitrogen and oxygen atoms in total. The lowest BCUT2D eigenvalue weighted by Gasteiger charge is -2.17. The summed E-state index contributed by atoms with van der Waals surface area (Å²) < 4.78 is 16.5. The molecular weight excluding hydrogens is 382 g/mol. The smallest absolute Gasteiger partial charge is 0.339 e. The van der Waals surface area contributed by atoms with Gasteiger partial charge in [-0.2, -0.15) is 0 Å². The molecule has 1 aliphatic heterocycles. The molecule has 0 aromatic heterocycles. The zero-order valence-electron chi connectivity index (χ0n) is 16.0. The van der Waals surface area contributed by atoms with Crippen LogP contribution in [0.1, 0.15) is 34.8 Å². The quantitative estimate of drug-likeness (QED) is 0.770. The van der Waals surface area contributed by atoms with E-state index in [1.165, 1.54) is 19.1 Å². The number of halogens is 1. The number of amides is 1. The predicted octanol–water partition coefficient (Wildman–Crippen LogP) is 4.30. The van der Waals surface area contributed by atoms with Crippen molar-refractivity contribution in [3.63, 3.8) is 0 Å². The molecule has 28 heavy (non-hydrogen) atoms. The maximum Gasteiger partial charge on any atom is 0.339 e. The monoisotopic (exact) mass is 403 g/mol. The number of benzene rings is 2. The van der Waals surface area contributed by atoms with Gasteiger partial charge < -0.3 is 19.5 Å². The minimum absolute atomic E-state index is 0.195. The second kappa shape index (κ2) is 8.52. The molecule has 1 atom stereocenters. The molecule has 0 saturated heterocycles. The maximum atomic E-state index is 12.5. The zero-order valence-corrected chi connectivity index (χ0v) is 16.8. The van der Waals surface area contributed by atoms with Crippen molar-refractivity contribution < 1.29 is 23.8 Å². The van der Waals surface area contributed by atoms with Gasteiger partial charge >= 0.3 is 5.97 Å². The van der Waals surface area contributed by atoms with Gasteiger partial charge in [-0.05, 0) is 44.0 Å². The molecule has 1 heterocycles. The number of hydrogen-bond acceptors (Lipinski definition) is 5. The Bertz CT molecular complexity index is 892. The highest BCUT2D eigenvalue weighted by molar-refractivity contribution is 6.32. The SMILES string of the molecule is Cc1cccc(C)c1NC(=O)C(C)OC(=O)c1cc(Cl)c2c(c1)OCCCO2. The van der Waals surface area contributed by atoms with Crippen LogP contribution in [-0.2, 0) is 9.53 Å². The standard InChI is InChI=1S/C21H22ClNO5/c1-12-6-4-7-13(2)18(12)23-20(24)14(3)28-21(25)15-10-16(22)19-17(11-15)26-8-5-9-27-19/h4,6-7,10-11,14H,5,8-9H2,1-3H3,(H,23,24). The fourth-order valence-corrected chi connectivity index (χ4v) is 3.13. The Kier molecular flexibility index (Phi) is 6.09. The van der Waals surface area contributed by atoms with Gasteiger partial charge in [-0.3, -0.25) is 4.79 Å². The number of hydrogen-bond donors (Lipinski definition) is 1. The summed E-state index contributed by atoms with van der Waals surface area (Å²) in [5.74, 6) is -0.269. The molecule has 7 heteroatoms. The number of nitrogens with one attached hydrogen (secondary N) is 1. The van der Waals surface area contributed by atoms with Crippen molar-refractivity contribution in [2.75, 3.05) is 18.5 Å². The number of carbonyl (C=O) groups is 2. The summed E-state index contributed by atoms with van der Waals surface area (Å²) in [5.41, 5.74) is 2.78. The number of carbonyl (C=O) groups excluding carboxylic acids is 2. The Morgan fingerprint density at radius 2 is 1.82 bits per heavy atom. The van der Waals surface area contributed by atoms with E-state index in [-0.39, 0.29) is 10.6 Å². The summed E-state index contributed by atoms with van der Waals surface area (Å²) >= 11 is 6.21. The lowest BCUT2D eigenvalue weighted by molar-refractivity contribution is -0.123. The number of para-hydroxylation sites is 1. The second-order valence-corrected chi connectivity index (χ2v) is 7.05. The first-order valence-electron chi connectivity index (χ1n) is 9.04. The first-order valence-corrected chi connectivity index (χ1v) is 9.42. The number of anilines is 1. The number of fused-ring (bicyclic) bond motifs is 1. The molecule has 1 N–H and O–H groups in total. The number of rotatable bonds is 4. The maximum absolute atomic E-state index is 12.5. The molecule has 0 radical (unpaired) electrons. The first-order chi connectivity index (χ1) is 13.4. The third-order valence-electron chi connectivity index (χ3n) is 4.42. The summed E-state index contributed by atoms with van der Waals surface area (Å²) in [6.07, 6.45) is -0.262. The molecule has 0 saturated carbocycles. The number of esters is 1. The molecule has 0 bridgehead atoms. The first kappa shape index (κ1) is 20.0. The number of ether oxygens (including phenoxy) is 3. The van der Waals surface area contributed by atoms with Gasteiger partial charge in [0.25, 0.3) is 5.91 Å². The van der Waals surface area contributed by atoms with Crippen LogP contribution in [0.4, 0.5) is 5.69 Å². The molecule has 0 fully saturated rings. The van der Waals surface area contributed by atoms with E-state index in [1.807, 2.05) is 32.0 Å². The molecule has 148 valence electrons. The van der Waals surface area contributed by atoms with Crippen molar-refractivity contribution >= 4 is 29.2 Å². The highest BCUT2D eigenvalue weighted by atomic mass is 35.5. The highest BCUT2D eigenvalue weighted by Crippen LogP contribution is 2.38. The Balaban J connectivity index is 1.71. The van der Waals surface area contributed by atoms with Gasteiger partial charge in [0.2, 0.25) is 0 Å². The molecule has 2 aromatic rings. The van der Waals surface area contributed by atoms with Crippen molar-refractivity contribution in [3.05, 3.63) is 52.0 Å². The van der Waals surface area contributed by atoms with Crippen LogP contribution in [0.15, 0.2) is 30.3 Å². The van der Waals surface area contributed by atoms with Crippen LogP contribution in [0, 0.1) is 13.8 Å². The summed E-state index contributed by atoms with van der Waals surface area (Å²) in [5, 5.41) is 3.08. The molecule has 3 rings (SSSR count). The van der Waals surface area contributed by atoms with Crippen molar-refractivity contribution in [1.29, 1.82) is 0 Å². The van der Waals surface area contributed by atoms with Gasteiger partial charge in [0, 0.05) is 12.1 Å². The Hall–Kier alpha value is -2.73. The Morgan fingerprint density at radius 1 is 1.14 bits per heavy atom. The Morgan fingerprint density at radius 3 is 2.54 bits per heavy atom. The van der Waals surface area contributed by atoms with Crippen molar-refractivity contribution in [2.45, 2.75) is 33.3 Å². The fraction of sp³-hybridized carbons (Fsp3) is 0.333. The summed E-state index contributed by atoms with van der Waals surface area (Å²) in [7, 11) is 0. The lowest BCUT2D eigenvalue weighted by Crippen LogP contribution is -2.30. The van der Waals surface area contributed by atoms with Gasteiger partial charge in [0.15, 0.2) is 17.6 Å². The predicted molar refractivity (Wildman–Crippen MR) is 106 cm³/mol. The van der Waals surface area contributed by atoms with Crippen LogP contribution in [0.25, 0.3) is 0 Å². The molecular formula is C21H22ClNO5. The largest absolute Gasteiger partial charge is 0.489 e. The second-order valence-electron chi connectivity index (χ2n) is 6.64. The minimum atomic E-state index is -0.985. The van der Waals surface area contributed by atoms with Crippen molar-refractivity contribution in [2.24, 2.45) is 0 Å². The summed E-state index contributed by atoms with van der Waals surface area (Å²) in [6.45, 7) is 6.28. The average Bonchev–Trinajstić information content (AvgIpc) is 2.90. The van der Waals surface area contributed by atoms with E-state index < -0.39 is 18.0 Å². The zero-order chi connectivity index (χ0) is 20.3. The topological polar surface area (TPSA) is 73.9 Å². The van der Waals surface area contributed by atoms with Crippen LogP contribution in [-0.4, -0.2) is 31.2 Å². The average molecular weight is 404 g/mol. The van der Waals surface area contributed by atoms with E-state index in [0.717, 1.165) is 17.5 Å². The third kappa shape index (κ3) is 4.39. The van der Waals surface area contributed by atoms with Gasteiger partial charge in [0.05, 0.1) is 23.8 Å². The van der Waals surface area contributed by atoms with Gasteiger partial charge in [-0.15, -0.1) is 0 Å².